The zero-order valence-electron chi connectivity index (χ0n) is 8.28. The zero-order valence-corrected chi connectivity index (χ0v) is 9.10. The minimum Gasteiger partial charge on any atom is -0.440 e. The van der Waals surface area contributed by atoms with Crippen molar-refractivity contribution in [2.75, 3.05) is 12.8 Å². The standard InChI is InChI=1S/C9H13N3OS/c1-7-6-13-9(12-7)14-4-3-8(5-10)11-2/h6,8,11H,3-4H2,1-2H3. The maximum Gasteiger partial charge on any atom is 0.255 e. The number of rotatable bonds is 5. The van der Waals surface area contributed by atoms with E-state index in [0.717, 1.165) is 17.9 Å². The van der Waals surface area contributed by atoms with Crippen LogP contribution in [0.1, 0.15) is 12.1 Å². The SMILES string of the molecule is CNC(C#N)CCSc1nc(C)co1. The third-order valence-electron chi connectivity index (χ3n) is 1.73. The Balaban J connectivity index is 2.25. The fourth-order valence-electron chi connectivity index (χ4n) is 0.936. The third kappa shape index (κ3) is 3.40. The van der Waals surface area contributed by atoms with Crippen molar-refractivity contribution in [1.29, 1.82) is 5.26 Å². The van der Waals surface area contributed by atoms with Gasteiger partial charge < -0.3 is 9.73 Å². The van der Waals surface area contributed by atoms with Gasteiger partial charge in [-0.05, 0) is 20.4 Å². The number of aromatic nitrogens is 1. The van der Waals surface area contributed by atoms with Crippen LogP contribution in [0.3, 0.4) is 0 Å². The Morgan fingerprint density at radius 3 is 3.07 bits per heavy atom. The number of nitrogens with zero attached hydrogens (tertiary/aromatic N) is 2. The van der Waals surface area contributed by atoms with Crippen molar-refractivity contribution in [1.82, 2.24) is 10.3 Å². The highest BCUT2D eigenvalue weighted by atomic mass is 32.2. The molecule has 1 aromatic heterocycles. The lowest BCUT2D eigenvalue weighted by molar-refractivity contribution is 0.453. The maximum atomic E-state index is 8.67. The average Bonchev–Trinajstić information content (AvgIpc) is 2.59. The fraction of sp³-hybridized carbons (Fsp3) is 0.556. The molecule has 0 aromatic carbocycles. The molecular weight excluding hydrogens is 198 g/mol. The molecule has 1 aromatic rings. The summed E-state index contributed by atoms with van der Waals surface area (Å²) < 4.78 is 5.16. The molecule has 1 heterocycles. The van der Waals surface area contributed by atoms with E-state index >= 15 is 0 Å². The number of thioether (sulfide) groups is 1. The Hall–Kier alpha value is -0.990. The van der Waals surface area contributed by atoms with Gasteiger partial charge in [-0.3, -0.25) is 0 Å². The summed E-state index contributed by atoms with van der Waals surface area (Å²) in [5.41, 5.74) is 0.887. The number of hydrogen-bond donors (Lipinski definition) is 1. The van der Waals surface area contributed by atoms with Crippen LogP contribution in [0.15, 0.2) is 15.9 Å². The smallest absolute Gasteiger partial charge is 0.255 e. The summed E-state index contributed by atoms with van der Waals surface area (Å²) in [7, 11) is 1.79. The molecule has 0 bridgehead atoms. The molecule has 14 heavy (non-hydrogen) atoms. The van der Waals surface area contributed by atoms with Crippen LogP contribution in [0, 0.1) is 18.3 Å². The molecule has 1 N–H and O–H groups in total. The second-order valence-corrected chi connectivity index (χ2v) is 3.91. The highest BCUT2D eigenvalue weighted by molar-refractivity contribution is 7.99. The number of aryl methyl sites for hydroxylation is 1. The van der Waals surface area contributed by atoms with E-state index in [-0.39, 0.29) is 6.04 Å². The summed E-state index contributed by atoms with van der Waals surface area (Å²) in [6, 6.07) is 2.08. The van der Waals surface area contributed by atoms with Crippen molar-refractivity contribution in [3.8, 4) is 6.07 Å². The van der Waals surface area contributed by atoms with Gasteiger partial charge in [-0.2, -0.15) is 5.26 Å². The number of oxazole rings is 1. The van der Waals surface area contributed by atoms with E-state index in [2.05, 4.69) is 16.4 Å². The van der Waals surface area contributed by atoms with Gasteiger partial charge >= 0.3 is 0 Å². The minimum absolute atomic E-state index is 0.0847. The predicted molar refractivity (Wildman–Crippen MR) is 55.0 cm³/mol. The molecule has 76 valence electrons. The van der Waals surface area contributed by atoms with Crippen molar-refractivity contribution in [2.45, 2.75) is 24.6 Å². The Labute approximate surface area is 87.7 Å². The van der Waals surface area contributed by atoms with Gasteiger partial charge in [0.1, 0.15) is 6.26 Å². The first-order valence-corrected chi connectivity index (χ1v) is 5.36. The Bertz CT molecular complexity index is 318. The first-order chi connectivity index (χ1) is 6.76. The normalized spacial score (nSPS) is 12.4. The summed E-state index contributed by atoms with van der Waals surface area (Å²) in [6.45, 7) is 1.89. The molecule has 0 saturated heterocycles. The third-order valence-corrected chi connectivity index (χ3v) is 2.61. The van der Waals surface area contributed by atoms with Crippen LogP contribution >= 0.6 is 11.8 Å². The van der Waals surface area contributed by atoms with Gasteiger partial charge in [0.25, 0.3) is 5.22 Å². The lowest BCUT2D eigenvalue weighted by Crippen LogP contribution is -2.23. The molecule has 5 heteroatoms. The molecule has 0 radical (unpaired) electrons. The van der Waals surface area contributed by atoms with E-state index < -0.39 is 0 Å². The van der Waals surface area contributed by atoms with Crippen LogP contribution in [0.4, 0.5) is 0 Å². The zero-order chi connectivity index (χ0) is 10.4. The summed E-state index contributed by atoms with van der Waals surface area (Å²) >= 11 is 1.53. The maximum absolute atomic E-state index is 8.67. The summed E-state index contributed by atoms with van der Waals surface area (Å²) in [5, 5.41) is 12.3. The lowest BCUT2D eigenvalue weighted by atomic mass is 10.3. The van der Waals surface area contributed by atoms with E-state index in [9.17, 15) is 0 Å². The Morgan fingerprint density at radius 1 is 1.79 bits per heavy atom. The van der Waals surface area contributed by atoms with Crippen molar-refractivity contribution in [3.63, 3.8) is 0 Å². The molecular formula is C9H13N3OS. The molecule has 0 aliphatic rings. The van der Waals surface area contributed by atoms with Crippen LogP contribution < -0.4 is 5.32 Å². The van der Waals surface area contributed by atoms with Gasteiger partial charge in [-0.15, -0.1) is 0 Å². The van der Waals surface area contributed by atoms with Gasteiger partial charge in [0, 0.05) is 5.75 Å². The second-order valence-electron chi connectivity index (χ2n) is 2.86. The van der Waals surface area contributed by atoms with Gasteiger partial charge in [-0.1, -0.05) is 11.8 Å². The summed E-state index contributed by atoms with van der Waals surface area (Å²) in [6.07, 6.45) is 2.42. The number of nitriles is 1. The van der Waals surface area contributed by atoms with E-state index in [1.54, 1.807) is 13.3 Å². The average molecular weight is 211 g/mol. The first kappa shape index (κ1) is 11.1. The highest BCUT2D eigenvalue weighted by Gasteiger charge is 2.06. The molecule has 0 saturated carbocycles. The largest absolute Gasteiger partial charge is 0.440 e. The molecule has 1 unspecified atom stereocenters. The first-order valence-electron chi connectivity index (χ1n) is 4.38. The monoisotopic (exact) mass is 211 g/mol. The lowest BCUT2D eigenvalue weighted by Gasteiger charge is -2.04. The van der Waals surface area contributed by atoms with Crippen molar-refractivity contribution >= 4 is 11.8 Å². The quantitative estimate of drug-likeness (QED) is 0.749. The second kappa shape index (κ2) is 5.68. The van der Waals surface area contributed by atoms with Gasteiger partial charge in [0.05, 0.1) is 17.8 Å². The molecule has 0 spiro atoms. The van der Waals surface area contributed by atoms with Crippen LogP contribution in [0.2, 0.25) is 0 Å². The van der Waals surface area contributed by atoms with E-state index in [4.69, 9.17) is 9.68 Å². The van der Waals surface area contributed by atoms with Crippen molar-refractivity contribution < 1.29 is 4.42 Å². The Morgan fingerprint density at radius 2 is 2.57 bits per heavy atom. The van der Waals surface area contributed by atoms with E-state index in [1.807, 2.05) is 6.92 Å². The molecule has 1 rings (SSSR count). The summed E-state index contributed by atoms with van der Waals surface area (Å²) in [4.78, 5) is 4.15. The predicted octanol–water partition coefficient (Wildman–Crippen LogP) is 1.58. The van der Waals surface area contributed by atoms with E-state index in [1.165, 1.54) is 11.8 Å². The molecule has 0 fully saturated rings. The van der Waals surface area contributed by atoms with Crippen LogP contribution in [-0.2, 0) is 0 Å². The Kier molecular flexibility index (Phi) is 4.50. The molecule has 0 aliphatic carbocycles. The summed E-state index contributed by atoms with van der Waals surface area (Å²) in [5.74, 6) is 0.832. The van der Waals surface area contributed by atoms with Crippen LogP contribution in [-0.4, -0.2) is 23.8 Å². The van der Waals surface area contributed by atoms with Crippen LogP contribution in [0.25, 0.3) is 0 Å². The highest BCUT2D eigenvalue weighted by Crippen LogP contribution is 2.17. The molecule has 0 aliphatic heterocycles. The minimum atomic E-state index is -0.0847. The van der Waals surface area contributed by atoms with Gasteiger partial charge in [0.15, 0.2) is 0 Å². The van der Waals surface area contributed by atoms with Crippen LogP contribution in [0.5, 0.6) is 0 Å². The van der Waals surface area contributed by atoms with Gasteiger partial charge in [-0.25, -0.2) is 4.98 Å². The number of nitrogens with one attached hydrogen (secondary N) is 1. The molecule has 4 nitrogen and oxygen atoms in total. The van der Waals surface area contributed by atoms with Gasteiger partial charge in [0.2, 0.25) is 0 Å². The van der Waals surface area contributed by atoms with Crippen molar-refractivity contribution in [3.05, 3.63) is 12.0 Å². The molecule has 1 atom stereocenters. The fourth-order valence-corrected chi connectivity index (χ4v) is 1.79. The van der Waals surface area contributed by atoms with E-state index in [0.29, 0.717) is 5.22 Å². The topological polar surface area (TPSA) is 61.9 Å². The number of hydrogen-bond acceptors (Lipinski definition) is 5. The molecule has 0 amide bonds. The van der Waals surface area contributed by atoms with Crippen molar-refractivity contribution in [2.24, 2.45) is 0 Å².